The van der Waals surface area contributed by atoms with Crippen molar-refractivity contribution >= 4 is 22.8 Å². The molecule has 0 aromatic carbocycles. The Morgan fingerprint density at radius 1 is 1.56 bits per heavy atom. The number of fused-ring (bicyclic) bond motifs is 1. The van der Waals surface area contributed by atoms with Gasteiger partial charge in [0, 0.05) is 0 Å². The predicted molar refractivity (Wildman–Crippen MR) is 66.2 cm³/mol. The number of rotatable bonds is 5. The molecule has 96 valence electrons. The van der Waals surface area contributed by atoms with E-state index in [1.54, 1.807) is 6.20 Å². The van der Waals surface area contributed by atoms with Gasteiger partial charge in [0.25, 0.3) is 0 Å². The second-order valence-electron chi connectivity index (χ2n) is 4.20. The maximum absolute atomic E-state index is 11.2. The van der Waals surface area contributed by atoms with Gasteiger partial charge in [-0.15, -0.1) is 0 Å². The molecule has 18 heavy (non-hydrogen) atoms. The summed E-state index contributed by atoms with van der Waals surface area (Å²) in [4.78, 5) is 19.3. The number of hydrogen-bond acceptors (Lipinski definition) is 5. The molecule has 2 rings (SSSR count). The molecule has 0 spiro atoms. The fourth-order valence-electron chi connectivity index (χ4n) is 1.71. The summed E-state index contributed by atoms with van der Waals surface area (Å²) in [5.41, 5.74) is 0.584. The molecule has 0 saturated carbocycles. The van der Waals surface area contributed by atoms with Gasteiger partial charge in [-0.2, -0.15) is 5.10 Å². The Hall–Kier alpha value is -2.18. The van der Waals surface area contributed by atoms with Gasteiger partial charge in [0.1, 0.15) is 18.2 Å². The van der Waals surface area contributed by atoms with Gasteiger partial charge in [-0.1, -0.05) is 20.3 Å². The number of carbonyl (C=O) groups is 1. The molecule has 2 aromatic rings. The number of anilines is 1. The van der Waals surface area contributed by atoms with Gasteiger partial charge in [0.05, 0.1) is 11.6 Å². The van der Waals surface area contributed by atoms with Crippen LogP contribution in [0, 0.1) is 5.92 Å². The smallest absolute Gasteiger partial charge is 0.326 e. The van der Waals surface area contributed by atoms with Crippen LogP contribution in [0.15, 0.2) is 12.5 Å². The highest BCUT2D eigenvalue weighted by Gasteiger charge is 2.24. The molecule has 0 fully saturated rings. The fourth-order valence-corrected chi connectivity index (χ4v) is 1.71. The lowest BCUT2D eigenvalue weighted by Gasteiger charge is -2.20. The van der Waals surface area contributed by atoms with E-state index in [1.807, 2.05) is 13.8 Å². The number of carboxylic acids is 1. The Bertz CT molecular complexity index is 553. The van der Waals surface area contributed by atoms with Crippen LogP contribution in [0.4, 0.5) is 5.82 Å². The van der Waals surface area contributed by atoms with E-state index < -0.39 is 12.0 Å². The van der Waals surface area contributed by atoms with E-state index in [-0.39, 0.29) is 5.92 Å². The van der Waals surface area contributed by atoms with Crippen molar-refractivity contribution in [3.8, 4) is 0 Å². The van der Waals surface area contributed by atoms with Crippen LogP contribution in [0.25, 0.3) is 11.0 Å². The number of nitrogens with one attached hydrogen (secondary N) is 2. The van der Waals surface area contributed by atoms with Crippen molar-refractivity contribution < 1.29 is 9.90 Å². The maximum atomic E-state index is 11.2. The van der Waals surface area contributed by atoms with E-state index >= 15 is 0 Å². The van der Waals surface area contributed by atoms with Crippen molar-refractivity contribution in [3.05, 3.63) is 12.5 Å². The third-order valence-electron chi connectivity index (χ3n) is 3.02. The third-order valence-corrected chi connectivity index (χ3v) is 3.02. The molecule has 7 nitrogen and oxygen atoms in total. The molecule has 0 amide bonds. The minimum Gasteiger partial charge on any atom is -0.480 e. The molecular weight excluding hydrogens is 234 g/mol. The Morgan fingerprint density at radius 2 is 2.33 bits per heavy atom. The summed E-state index contributed by atoms with van der Waals surface area (Å²) < 4.78 is 0. The Morgan fingerprint density at radius 3 is 3.00 bits per heavy atom. The second-order valence-corrected chi connectivity index (χ2v) is 4.20. The summed E-state index contributed by atoms with van der Waals surface area (Å²) in [6.07, 6.45) is 3.72. The van der Waals surface area contributed by atoms with Crippen LogP contribution in [-0.2, 0) is 4.79 Å². The second kappa shape index (κ2) is 4.99. The van der Waals surface area contributed by atoms with Gasteiger partial charge >= 0.3 is 5.97 Å². The molecule has 0 aliphatic rings. The lowest BCUT2D eigenvalue weighted by molar-refractivity contribution is -0.139. The highest BCUT2D eigenvalue weighted by molar-refractivity contribution is 5.88. The summed E-state index contributed by atoms with van der Waals surface area (Å²) in [6, 6.07) is -0.678. The predicted octanol–water partition coefficient (Wildman–Crippen LogP) is 1.26. The summed E-state index contributed by atoms with van der Waals surface area (Å²) in [6.45, 7) is 3.84. The first-order chi connectivity index (χ1) is 8.63. The normalized spacial score (nSPS) is 14.3. The van der Waals surface area contributed by atoms with Crippen LogP contribution < -0.4 is 5.32 Å². The Kier molecular flexibility index (Phi) is 3.40. The van der Waals surface area contributed by atoms with Gasteiger partial charge in [-0.05, 0) is 5.92 Å². The van der Waals surface area contributed by atoms with E-state index in [0.717, 1.165) is 6.42 Å². The first kappa shape index (κ1) is 12.3. The summed E-state index contributed by atoms with van der Waals surface area (Å²) in [5.74, 6) is -0.402. The molecule has 0 radical (unpaired) electrons. The number of hydrogen-bond donors (Lipinski definition) is 3. The largest absolute Gasteiger partial charge is 0.480 e. The van der Waals surface area contributed by atoms with Gasteiger partial charge in [-0.25, -0.2) is 14.8 Å². The van der Waals surface area contributed by atoms with Crippen LogP contribution in [0.5, 0.6) is 0 Å². The highest BCUT2D eigenvalue weighted by Crippen LogP contribution is 2.20. The number of aromatic nitrogens is 4. The molecule has 2 aromatic heterocycles. The van der Waals surface area contributed by atoms with Crippen molar-refractivity contribution in [3.63, 3.8) is 0 Å². The lowest BCUT2D eigenvalue weighted by Crippen LogP contribution is -2.35. The molecule has 3 N–H and O–H groups in total. The molecule has 2 atom stereocenters. The number of carboxylic acid groups (broad SMARTS) is 1. The summed E-state index contributed by atoms with van der Waals surface area (Å²) in [7, 11) is 0. The van der Waals surface area contributed by atoms with E-state index in [4.69, 9.17) is 0 Å². The van der Waals surface area contributed by atoms with E-state index in [1.165, 1.54) is 6.33 Å². The van der Waals surface area contributed by atoms with Crippen molar-refractivity contribution in [2.24, 2.45) is 5.92 Å². The van der Waals surface area contributed by atoms with Gasteiger partial charge < -0.3 is 10.4 Å². The zero-order valence-electron chi connectivity index (χ0n) is 10.2. The summed E-state index contributed by atoms with van der Waals surface area (Å²) in [5, 5.41) is 19.4. The zero-order chi connectivity index (χ0) is 13.1. The van der Waals surface area contributed by atoms with Crippen molar-refractivity contribution in [2.75, 3.05) is 5.32 Å². The standard InChI is InChI=1S/C11H15N5O2/c1-3-6(2)8(11(17)18)15-9-7-4-14-16-10(7)13-5-12-9/h4-6,8H,3H2,1-2H3,(H,17,18)(H2,12,13,14,15,16)/t6-,8-/m0/s1. The minimum atomic E-state index is -0.889. The van der Waals surface area contributed by atoms with Crippen LogP contribution in [-0.4, -0.2) is 37.3 Å². The fraction of sp³-hybridized carbons (Fsp3) is 0.455. The van der Waals surface area contributed by atoms with Crippen molar-refractivity contribution in [2.45, 2.75) is 26.3 Å². The van der Waals surface area contributed by atoms with Crippen LogP contribution in [0.1, 0.15) is 20.3 Å². The number of aromatic amines is 1. The molecule has 0 saturated heterocycles. The third kappa shape index (κ3) is 2.24. The minimum absolute atomic E-state index is 0.000540. The quantitative estimate of drug-likeness (QED) is 0.737. The van der Waals surface area contributed by atoms with E-state index in [9.17, 15) is 9.90 Å². The molecule has 0 aliphatic carbocycles. The monoisotopic (exact) mass is 249 g/mol. The number of aliphatic carboxylic acids is 1. The van der Waals surface area contributed by atoms with Gasteiger partial charge in [0.2, 0.25) is 0 Å². The molecule has 0 unspecified atom stereocenters. The van der Waals surface area contributed by atoms with Crippen molar-refractivity contribution in [1.82, 2.24) is 20.2 Å². The van der Waals surface area contributed by atoms with Crippen molar-refractivity contribution in [1.29, 1.82) is 0 Å². The first-order valence-corrected chi connectivity index (χ1v) is 5.77. The van der Waals surface area contributed by atoms with Crippen LogP contribution in [0.2, 0.25) is 0 Å². The Labute approximate surface area is 104 Å². The molecular formula is C11H15N5O2. The molecule has 0 bridgehead atoms. The van der Waals surface area contributed by atoms with E-state index in [0.29, 0.717) is 16.9 Å². The average Bonchev–Trinajstić information content (AvgIpc) is 2.83. The van der Waals surface area contributed by atoms with Crippen LogP contribution in [0.3, 0.4) is 0 Å². The molecule has 2 heterocycles. The van der Waals surface area contributed by atoms with E-state index in [2.05, 4.69) is 25.5 Å². The molecule has 0 aliphatic heterocycles. The summed E-state index contributed by atoms with van der Waals surface area (Å²) >= 11 is 0. The SMILES string of the molecule is CC[C@H](C)[C@H](Nc1ncnc2[nH]ncc12)C(=O)O. The van der Waals surface area contributed by atoms with Crippen LogP contribution >= 0.6 is 0 Å². The van der Waals surface area contributed by atoms with Gasteiger partial charge in [-0.3, -0.25) is 5.10 Å². The number of H-pyrrole nitrogens is 1. The Balaban J connectivity index is 2.31. The average molecular weight is 249 g/mol. The first-order valence-electron chi connectivity index (χ1n) is 5.77. The molecule has 7 heteroatoms. The topological polar surface area (TPSA) is 104 Å². The lowest BCUT2D eigenvalue weighted by atomic mass is 9.99. The van der Waals surface area contributed by atoms with Gasteiger partial charge in [0.15, 0.2) is 5.65 Å². The maximum Gasteiger partial charge on any atom is 0.326 e. The zero-order valence-corrected chi connectivity index (χ0v) is 10.2. The highest BCUT2D eigenvalue weighted by atomic mass is 16.4. The number of nitrogens with zero attached hydrogens (tertiary/aromatic N) is 3.